The van der Waals surface area contributed by atoms with E-state index in [0.717, 1.165) is 30.1 Å². The summed E-state index contributed by atoms with van der Waals surface area (Å²) < 4.78 is 6.92. The van der Waals surface area contributed by atoms with Crippen LogP contribution in [0.4, 0.5) is 0 Å². The summed E-state index contributed by atoms with van der Waals surface area (Å²) in [6.07, 6.45) is 20.0. The van der Waals surface area contributed by atoms with Crippen molar-refractivity contribution in [2.75, 3.05) is 0 Å². The Labute approximate surface area is 225 Å². The fraction of sp³-hybridized carbons (Fsp3) is 0.824. The molecule has 0 aromatic carbocycles. The summed E-state index contributed by atoms with van der Waals surface area (Å²) in [5, 5.41) is 0.285. The monoisotopic (exact) mass is 510 g/mol. The van der Waals surface area contributed by atoms with Crippen molar-refractivity contribution >= 4 is 8.32 Å². The van der Waals surface area contributed by atoms with Crippen LogP contribution in [0.1, 0.15) is 107 Å². The lowest BCUT2D eigenvalue weighted by Gasteiger charge is -2.55. The number of hydrogen-bond donors (Lipinski definition) is 0. The maximum Gasteiger partial charge on any atom is 0.192 e. The lowest BCUT2D eigenvalue weighted by molar-refractivity contribution is 0.0405. The molecule has 4 aliphatic carbocycles. The van der Waals surface area contributed by atoms with Crippen LogP contribution in [0.2, 0.25) is 18.1 Å². The Bertz CT molecular complexity index is 901. The number of fused-ring (bicyclic) bond motifs is 5. The molecular formula is C34H58OSi. The second-order valence-corrected chi connectivity index (χ2v) is 20.5. The quantitative estimate of drug-likeness (QED) is 0.255. The van der Waals surface area contributed by atoms with Crippen LogP contribution < -0.4 is 0 Å². The van der Waals surface area contributed by atoms with Gasteiger partial charge in [0.15, 0.2) is 8.32 Å². The van der Waals surface area contributed by atoms with Gasteiger partial charge in [0.05, 0.1) is 0 Å². The zero-order valence-electron chi connectivity index (χ0n) is 25.7. The topological polar surface area (TPSA) is 9.23 Å². The van der Waals surface area contributed by atoms with Gasteiger partial charge in [0.2, 0.25) is 0 Å². The average Bonchev–Trinajstić information content (AvgIpc) is 3.13. The molecule has 204 valence electrons. The predicted octanol–water partition coefficient (Wildman–Crippen LogP) is 10.4. The van der Waals surface area contributed by atoms with E-state index in [9.17, 15) is 0 Å². The largest absolute Gasteiger partial charge is 0.414 e. The fourth-order valence-corrected chi connectivity index (χ4v) is 9.66. The first-order chi connectivity index (χ1) is 16.6. The molecule has 3 fully saturated rings. The van der Waals surface area contributed by atoms with Gasteiger partial charge in [0, 0.05) is 6.10 Å². The molecule has 0 spiro atoms. The van der Waals surface area contributed by atoms with Gasteiger partial charge in [-0.25, -0.2) is 0 Å². The van der Waals surface area contributed by atoms with E-state index < -0.39 is 8.32 Å². The smallest absolute Gasteiger partial charge is 0.192 e. The van der Waals surface area contributed by atoms with Crippen molar-refractivity contribution in [3.63, 3.8) is 0 Å². The van der Waals surface area contributed by atoms with Gasteiger partial charge < -0.3 is 4.43 Å². The standard InChI is InChI=1S/C34H58OSi/c1-23(2)24(3)12-13-25(4)29-16-17-30-28-15-14-26-22-27(35-36(10,11)32(5,6)7)18-20-33(26,8)31(28)19-21-34(29,30)9/h12-15,23-25,27,29-31H,16-22H2,1-11H3/t24?,25?,27?,29?,30?,31?,33-,34+/m0/s1. The van der Waals surface area contributed by atoms with Crippen molar-refractivity contribution in [1.29, 1.82) is 0 Å². The summed E-state index contributed by atoms with van der Waals surface area (Å²) in [6.45, 7) is 26.8. The molecular weight excluding hydrogens is 452 g/mol. The van der Waals surface area contributed by atoms with Crippen molar-refractivity contribution in [2.45, 2.75) is 131 Å². The third kappa shape index (κ3) is 4.92. The minimum Gasteiger partial charge on any atom is -0.414 e. The Morgan fingerprint density at radius 3 is 2.25 bits per heavy atom. The Morgan fingerprint density at radius 1 is 0.917 bits per heavy atom. The van der Waals surface area contributed by atoms with Crippen LogP contribution in [0.3, 0.4) is 0 Å². The van der Waals surface area contributed by atoms with E-state index in [4.69, 9.17) is 4.43 Å². The van der Waals surface area contributed by atoms with E-state index in [1.807, 2.05) is 5.57 Å². The van der Waals surface area contributed by atoms with E-state index in [2.05, 4.69) is 99.7 Å². The van der Waals surface area contributed by atoms with Gasteiger partial charge in [-0.15, -0.1) is 0 Å². The lowest BCUT2D eigenvalue weighted by Crippen LogP contribution is -2.49. The van der Waals surface area contributed by atoms with E-state index in [1.54, 1.807) is 5.57 Å². The van der Waals surface area contributed by atoms with Crippen LogP contribution >= 0.6 is 0 Å². The average molecular weight is 511 g/mol. The molecule has 1 nitrogen and oxygen atoms in total. The van der Waals surface area contributed by atoms with Crippen molar-refractivity contribution < 1.29 is 4.43 Å². The Balaban J connectivity index is 1.52. The maximum absolute atomic E-state index is 6.92. The SMILES string of the molecule is CC(C)C(C)C=CC(C)C1CCC2C3=CC=C4CC(O[Si](C)(C)C(C)(C)C)CC[C@]4(C)C3CC[C@@]21C. The number of hydrogen-bond acceptors (Lipinski definition) is 1. The van der Waals surface area contributed by atoms with Gasteiger partial charge in [-0.2, -0.15) is 0 Å². The number of rotatable bonds is 6. The maximum atomic E-state index is 6.92. The summed E-state index contributed by atoms with van der Waals surface area (Å²) in [6, 6.07) is 0. The van der Waals surface area contributed by atoms with Crippen molar-refractivity contribution in [1.82, 2.24) is 0 Å². The fourth-order valence-electron chi connectivity index (χ4n) is 8.27. The van der Waals surface area contributed by atoms with Crippen molar-refractivity contribution in [3.8, 4) is 0 Å². The molecule has 4 aliphatic rings. The van der Waals surface area contributed by atoms with E-state index in [1.165, 1.54) is 38.5 Å². The normalized spacial score (nSPS) is 38.8. The number of allylic oxidation sites excluding steroid dienone is 5. The Hall–Kier alpha value is -0.603. The lowest BCUT2D eigenvalue weighted by atomic mass is 9.50. The third-order valence-electron chi connectivity index (χ3n) is 12.3. The molecule has 0 amide bonds. The second-order valence-electron chi connectivity index (χ2n) is 15.7. The van der Waals surface area contributed by atoms with Gasteiger partial charge in [-0.05, 0) is 109 Å². The highest BCUT2D eigenvalue weighted by Crippen LogP contribution is 2.66. The molecule has 36 heavy (non-hydrogen) atoms. The summed E-state index contributed by atoms with van der Waals surface area (Å²) in [7, 11) is -1.72. The molecule has 0 bridgehead atoms. The van der Waals surface area contributed by atoms with Gasteiger partial charge in [0.1, 0.15) is 0 Å². The van der Waals surface area contributed by atoms with Crippen LogP contribution in [-0.2, 0) is 4.43 Å². The van der Waals surface area contributed by atoms with E-state index in [-0.39, 0.29) is 5.04 Å². The molecule has 0 aromatic rings. The van der Waals surface area contributed by atoms with Gasteiger partial charge >= 0.3 is 0 Å². The molecule has 2 heteroatoms. The molecule has 8 atom stereocenters. The highest BCUT2D eigenvalue weighted by Gasteiger charge is 2.57. The minimum atomic E-state index is -1.72. The predicted molar refractivity (Wildman–Crippen MR) is 160 cm³/mol. The Morgan fingerprint density at radius 2 is 1.61 bits per heavy atom. The molecule has 0 N–H and O–H groups in total. The van der Waals surface area contributed by atoms with Gasteiger partial charge in [-0.1, -0.05) is 97.8 Å². The summed E-state index contributed by atoms with van der Waals surface area (Å²) >= 11 is 0. The molecule has 4 rings (SSSR count). The second kappa shape index (κ2) is 9.85. The summed E-state index contributed by atoms with van der Waals surface area (Å²) in [5.74, 6) is 4.46. The zero-order chi connectivity index (χ0) is 26.7. The van der Waals surface area contributed by atoms with E-state index >= 15 is 0 Å². The molecule has 0 heterocycles. The first-order valence-corrected chi connectivity index (χ1v) is 18.3. The van der Waals surface area contributed by atoms with Crippen molar-refractivity contribution in [3.05, 3.63) is 35.5 Å². The van der Waals surface area contributed by atoms with Crippen LogP contribution in [0.15, 0.2) is 35.5 Å². The molecule has 0 aromatic heterocycles. The summed E-state index contributed by atoms with van der Waals surface area (Å²) in [4.78, 5) is 0. The molecule has 0 aliphatic heterocycles. The van der Waals surface area contributed by atoms with Crippen LogP contribution in [-0.4, -0.2) is 14.4 Å². The highest BCUT2D eigenvalue weighted by atomic mass is 28.4. The van der Waals surface area contributed by atoms with Crippen LogP contribution in [0.5, 0.6) is 0 Å². The highest BCUT2D eigenvalue weighted by molar-refractivity contribution is 6.74. The molecule has 0 radical (unpaired) electrons. The first-order valence-electron chi connectivity index (χ1n) is 15.4. The van der Waals surface area contributed by atoms with Gasteiger partial charge in [-0.3, -0.25) is 0 Å². The molecule has 0 saturated heterocycles. The minimum absolute atomic E-state index is 0.285. The van der Waals surface area contributed by atoms with Crippen molar-refractivity contribution in [2.24, 2.45) is 46.3 Å². The summed E-state index contributed by atoms with van der Waals surface area (Å²) in [5.41, 5.74) is 4.35. The van der Waals surface area contributed by atoms with Gasteiger partial charge in [0.25, 0.3) is 0 Å². The van der Waals surface area contributed by atoms with Crippen LogP contribution in [0, 0.1) is 46.3 Å². The van der Waals surface area contributed by atoms with Crippen LogP contribution in [0.25, 0.3) is 0 Å². The first kappa shape index (κ1) is 28.4. The van der Waals surface area contributed by atoms with E-state index in [0.29, 0.717) is 28.8 Å². The molecule has 6 unspecified atom stereocenters. The molecule has 3 saturated carbocycles. The third-order valence-corrected chi connectivity index (χ3v) is 16.8. The Kier molecular flexibility index (Phi) is 7.78. The zero-order valence-corrected chi connectivity index (χ0v) is 26.7.